The summed E-state index contributed by atoms with van der Waals surface area (Å²) in [6.45, 7) is 1.90. The third-order valence-electron chi connectivity index (χ3n) is 1.78. The number of aliphatic hydroxyl groups excluding tert-OH is 1. The minimum absolute atomic E-state index is 0.0419. The van der Waals surface area contributed by atoms with E-state index in [9.17, 15) is 5.11 Å². The van der Waals surface area contributed by atoms with Crippen molar-refractivity contribution < 1.29 is 5.11 Å². The Morgan fingerprint density at radius 3 is 2.42 bits per heavy atom. The summed E-state index contributed by atoms with van der Waals surface area (Å²) >= 11 is 0. The molecule has 1 aromatic carbocycles. The molecule has 2 nitrogen and oxygen atoms in total. The van der Waals surface area contributed by atoms with Gasteiger partial charge in [0.25, 0.3) is 0 Å². The zero-order valence-electron chi connectivity index (χ0n) is 7.27. The van der Waals surface area contributed by atoms with Crippen LogP contribution in [0.1, 0.15) is 25.0 Å². The van der Waals surface area contributed by atoms with E-state index < -0.39 is 6.10 Å². The van der Waals surface area contributed by atoms with Crippen LogP contribution in [0.2, 0.25) is 0 Å². The molecule has 0 aliphatic rings. The van der Waals surface area contributed by atoms with Gasteiger partial charge in [0.15, 0.2) is 0 Å². The van der Waals surface area contributed by atoms with Crippen LogP contribution in [-0.4, -0.2) is 11.1 Å². The summed E-state index contributed by atoms with van der Waals surface area (Å²) in [7, 11) is 0. The van der Waals surface area contributed by atoms with Crippen molar-refractivity contribution >= 4 is 0 Å². The van der Waals surface area contributed by atoms with Gasteiger partial charge in [0.05, 0.1) is 6.10 Å². The van der Waals surface area contributed by atoms with E-state index in [4.69, 9.17) is 5.73 Å². The van der Waals surface area contributed by atoms with Crippen LogP contribution in [0, 0.1) is 0 Å². The first-order valence-corrected chi connectivity index (χ1v) is 4.18. The fraction of sp³-hybridized carbons (Fsp3) is 0.400. The van der Waals surface area contributed by atoms with Gasteiger partial charge in [0, 0.05) is 6.04 Å². The summed E-state index contributed by atoms with van der Waals surface area (Å²) in [5, 5.41) is 9.61. The molecule has 1 rings (SSSR count). The molecule has 0 aliphatic carbocycles. The van der Waals surface area contributed by atoms with E-state index in [0.29, 0.717) is 6.42 Å². The fourth-order valence-electron chi connectivity index (χ4n) is 1.16. The molecule has 0 aliphatic heterocycles. The molecular formula is C10H15NO. The second kappa shape index (κ2) is 4.24. The minimum Gasteiger partial charge on any atom is -0.388 e. The second-order valence-electron chi connectivity index (χ2n) is 3.14. The quantitative estimate of drug-likeness (QED) is 0.712. The van der Waals surface area contributed by atoms with Crippen molar-refractivity contribution in [2.75, 3.05) is 0 Å². The number of aliphatic hydroxyl groups is 1. The number of hydrogen-bond acceptors (Lipinski definition) is 2. The Balaban J connectivity index is 2.59. The summed E-state index contributed by atoms with van der Waals surface area (Å²) < 4.78 is 0. The summed E-state index contributed by atoms with van der Waals surface area (Å²) in [6.07, 6.45) is 0.190. The van der Waals surface area contributed by atoms with Gasteiger partial charge in [-0.25, -0.2) is 0 Å². The van der Waals surface area contributed by atoms with E-state index in [-0.39, 0.29) is 6.04 Å². The van der Waals surface area contributed by atoms with Crippen LogP contribution >= 0.6 is 0 Å². The number of nitrogens with two attached hydrogens (primary N) is 1. The molecule has 0 heterocycles. The lowest BCUT2D eigenvalue weighted by Gasteiger charge is -2.12. The predicted octanol–water partition coefficient (Wildman–Crippen LogP) is 1.46. The van der Waals surface area contributed by atoms with E-state index in [1.807, 2.05) is 37.3 Å². The van der Waals surface area contributed by atoms with Crippen molar-refractivity contribution in [2.24, 2.45) is 5.73 Å². The summed E-state index contributed by atoms with van der Waals surface area (Å²) in [5.41, 5.74) is 6.51. The second-order valence-corrected chi connectivity index (χ2v) is 3.14. The molecule has 1 unspecified atom stereocenters. The Bertz CT molecular complexity index is 221. The monoisotopic (exact) mass is 165 g/mol. The minimum atomic E-state index is -0.425. The van der Waals surface area contributed by atoms with Crippen LogP contribution in [0.25, 0.3) is 0 Å². The van der Waals surface area contributed by atoms with Crippen LogP contribution < -0.4 is 5.73 Å². The summed E-state index contributed by atoms with van der Waals surface area (Å²) in [4.78, 5) is 0. The van der Waals surface area contributed by atoms with Crippen LogP contribution in [0.5, 0.6) is 0 Å². The van der Waals surface area contributed by atoms with Gasteiger partial charge in [0.1, 0.15) is 0 Å². The Labute approximate surface area is 73.0 Å². The molecule has 3 N–H and O–H groups in total. The van der Waals surface area contributed by atoms with Gasteiger partial charge in [-0.3, -0.25) is 0 Å². The molecule has 0 saturated carbocycles. The normalized spacial score (nSPS) is 15.6. The van der Waals surface area contributed by atoms with Gasteiger partial charge in [-0.2, -0.15) is 0 Å². The Kier molecular flexibility index (Phi) is 3.26. The molecule has 1 aromatic rings. The van der Waals surface area contributed by atoms with Crippen LogP contribution in [0.4, 0.5) is 0 Å². The van der Waals surface area contributed by atoms with E-state index in [1.165, 1.54) is 0 Å². The fourth-order valence-corrected chi connectivity index (χ4v) is 1.16. The maximum Gasteiger partial charge on any atom is 0.0804 e. The lowest BCUT2D eigenvalue weighted by Crippen LogP contribution is -2.18. The van der Waals surface area contributed by atoms with Gasteiger partial charge in [-0.1, -0.05) is 30.3 Å². The van der Waals surface area contributed by atoms with Crippen molar-refractivity contribution in [3.8, 4) is 0 Å². The predicted molar refractivity (Wildman–Crippen MR) is 49.7 cm³/mol. The molecule has 2 atom stereocenters. The topological polar surface area (TPSA) is 46.2 Å². The van der Waals surface area contributed by atoms with Gasteiger partial charge in [-0.05, 0) is 18.9 Å². The molecule has 0 fully saturated rings. The first kappa shape index (κ1) is 9.23. The van der Waals surface area contributed by atoms with E-state index >= 15 is 0 Å². The molecule has 0 bridgehead atoms. The molecule has 2 heteroatoms. The first-order valence-electron chi connectivity index (χ1n) is 4.18. The molecule has 0 aromatic heterocycles. The number of hydrogen-bond donors (Lipinski definition) is 2. The van der Waals surface area contributed by atoms with Crippen molar-refractivity contribution in [1.29, 1.82) is 0 Å². The smallest absolute Gasteiger partial charge is 0.0804 e. The van der Waals surface area contributed by atoms with Crippen molar-refractivity contribution in [3.63, 3.8) is 0 Å². The molecule has 0 radical (unpaired) electrons. The third kappa shape index (κ3) is 2.64. The van der Waals surface area contributed by atoms with E-state index in [0.717, 1.165) is 5.56 Å². The zero-order valence-corrected chi connectivity index (χ0v) is 7.27. The maximum absolute atomic E-state index is 9.61. The summed E-state index contributed by atoms with van der Waals surface area (Å²) in [6, 6.07) is 9.63. The molecule has 0 amide bonds. The summed E-state index contributed by atoms with van der Waals surface area (Å²) in [5.74, 6) is 0. The number of benzene rings is 1. The van der Waals surface area contributed by atoms with E-state index in [1.54, 1.807) is 0 Å². The maximum atomic E-state index is 9.61. The van der Waals surface area contributed by atoms with Crippen LogP contribution in [0.3, 0.4) is 0 Å². The van der Waals surface area contributed by atoms with E-state index in [2.05, 4.69) is 0 Å². The van der Waals surface area contributed by atoms with Crippen LogP contribution in [-0.2, 0) is 0 Å². The largest absolute Gasteiger partial charge is 0.388 e. The van der Waals surface area contributed by atoms with Gasteiger partial charge in [0.2, 0.25) is 0 Å². The van der Waals surface area contributed by atoms with Crippen molar-refractivity contribution in [3.05, 3.63) is 35.9 Å². The van der Waals surface area contributed by atoms with Crippen LogP contribution in [0.15, 0.2) is 30.3 Å². The van der Waals surface area contributed by atoms with Crippen molar-refractivity contribution in [2.45, 2.75) is 25.5 Å². The Morgan fingerprint density at radius 2 is 1.92 bits per heavy atom. The highest BCUT2D eigenvalue weighted by molar-refractivity contribution is 5.17. The molecule has 12 heavy (non-hydrogen) atoms. The molecule has 0 saturated heterocycles. The zero-order chi connectivity index (χ0) is 8.97. The highest BCUT2D eigenvalue weighted by Gasteiger charge is 2.08. The molecule has 0 spiro atoms. The van der Waals surface area contributed by atoms with Gasteiger partial charge in [-0.15, -0.1) is 0 Å². The number of rotatable bonds is 3. The average molecular weight is 165 g/mol. The lowest BCUT2D eigenvalue weighted by atomic mass is 10.0. The van der Waals surface area contributed by atoms with Crippen molar-refractivity contribution in [1.82, 2.24) is 0 Å². The highest BCUT2D eigenvalue weighted by atomic mass is 16.3. The molecule has 66 valence electrons. The molecular weight excluding hydrogens is 150 g/mol. The standard InChI is InChI=1S/C10H15NO/c1-8(11)7-10(12)9-5-3-2-4-6-9/h2-6,8,10,12H,7,11H2,1H3/t8?,10-/m1/s1. The van der Waals surface area contributed by atoms with Gasteiger partial charge >= 0.3 is 0 Å². The van der Waals surface area contributed by atoms with Gasteiger partial charge < -0.3 is 10.8 Å². The Morgan fingerprint density at radius 1 is 1.33 bits per heavy atom. The Hall–Kier alpha value is -0.860. The third-order valence-corrected chi connectivity index (χ3v) is 1.78. The average Bonchev–Trinajstić information content (AvgIpc) is 2.05. The first-order chi connectivity index (χ1) is 5.70. The highest BCUT2D eigenvalue weighted by Crippen LogP contribution is 2.16. The lowest BCUT2D eigenvalue weighted by molar-refractivity contribution is 0.160. The SMILES string of the molecule is CC(N)C[C@@H](O)c1ccccc1.